The Kier molecular flexibility index (Phi) is 4.74. The van der Waals surface area contributed by atoms with E-state index in [0.29, 0.717) is 6.73 Å². The summed E-state index contributed by atoms with van der Waals surface area (Å²) in [5.41, 5.74) is 3.81. The van der Waals surface area contributed by atoms with Crippen LogP contribution in [0.4, 0.5) is 11.4 Å². The molecule has 1 aromatic heterocycles. The third-order valence-electron chi connectivity index (χ3n) is 4.70. The Hall–Kier alpha value is -1.56. The van der Waals surface area contributed by atoms with Gasteiger partial charge in [-0.15, -0.1) is 0 Å². The van der Waals surface area contributed by atoms with Crippen LogP contribution in [0.1, 0.15) is 24.8 Å². The fourth-order valence-corrected chi connectivity index (χ4v) is 4.57. The van der Waals surface area contributed by atoms with Gasteiger partial charge in [-0.3, -0.25) is 9.88 Å². The molecule has 2 aliphatic heterocycles. The van der Waals surface area contributed by atoms with Crippen LogP contribution in [0.2, 0.25) is 0 Å². The van der Waals surface area contributed by atoms with Crippen LogP contribution in [0.5, 0.6) is 0 Å². The Morgan fingerprint density at radius 1 is 1.08 bits per heavy atom. The van der Waals surface area contributed by atoms with Crippen LogP contribution < -0.4 is 4.90 Å². The lowest BCUT2D eigenvalue weighted by molar-refractivity contribution is 0.205. The zero-order valence-electron chi connectivity index (χ0n) is 14.1. The number of piperidine rings is 1. The summed E-state index contributed by atoms with van der Waals surface area (Å²) in [4.78, 5) is 11.5. The number of hydrogen-bond donors (Lipinski definition) is 0. The minimum atomic E-state index is 0.553. The summed E-state index contributed by atoms with van der Waals surface area (Å²) in [6.07, 6.45) is 7.83. The Morgan fingerprint density at radius 2 is 1.96 bits per heavy atom. The molecule has 2 aromatic rings. The van der Waals surface area contributed by atoms with Gasteiger partial charge in [-0.1, -0.05) is 24.2 Å². The first-order valence-corrected chi connectivity index (χ1v) is 9.40. The van der Waals surface area contributed by atoms with E-state index in [2.05, 4.69) is 39.0 Å². The van der Waals surface area contributed by atoms with Crippen molar-refractivity contribution in [3.63, 3.8) is 0 Å². The van der Waals surface area contributed by atoms with Crippen LogP contribution in [0.15, 0.2) is 46.5 Å². The SMILES string of the molecule is COCN1c2ccncc2Sc2ccc(CN3CCCCC3)cc21. The van der Waals surface area contributed by atoms with Crippen LogP contribution >= 0.6 is 11.8 Å². The number of ether oxygens (including phenoxy) is 1. The summed E-state index contributed by atoms with van der Waals surface area (Å²) >= 11 is 1.79. The summed E-state index contributed by atoms with van der Waals surface area (Å²) in [6.45, 7) is 4.05. The van der Waals surface area contributed by atoms with Crippen molar-refractivity contribution in [3.8, 4) is 0 Å². The number of hydrogen-bond acceptors (Lipinski definition) is 5. The van der Waals surface area contributed by atoms with Crippen LogP contribution in [-0.2, 0) is 11.3 Å². The van der Waals surface area contributed by atoms with Gasteiger partial charge in [-0.05, 0) is 49.7 Å². The number of nitrogens with zero attached hydrogens (tertiary/aromatic N) is 3. The van der Waals surface area contributed by atoms with E-state index in [-0.39, 0.29) is 0 Å². The number of likely N-dealkylation sites (tertiary alicyclic amines) is 1. The lowest BCUT2D eigenvalue weighted by atomic mass is 10.1. The fraction of sp³-hybridized carbons (Fsp3) is 0.421. The number of methoxy groups -OCH3 is 1. The topological polar surface area (TPSA) is 28.6 Å². The Labute approximate surface area is 147 Å². The van der Waals surface area contributed by atoms with E-state index >= 15 is 0 Å². The Bertz CT molecular complexity index is 716. The normalized spacial score (nSPS) is 17.5. The van der Waals surface area contributed by atoms with Gasteiger partial charge in [0, 0.05) is 30.9 Å². The average Bonchev–Trinajstić information content (AvgIpc) is 2.63. The number of benzene rings is 1. The number of anilines is 2. The summed E-state index contributed by atoms with van der Waals surface area (Å²) in [5, 5.41) is 0. The molecule has 1 fully saturated rings. The summed E-state index contributed by atoms with van der Waals surface area (Å²) in [5.74, 6) is 0. The second-order valence-electron chi connectivity index (χ2n) is 6.43. The van der Waals surface area contributed by atoms with Gasteiger partial charge in [0.15, 0.2) is 0 Å². The molecule has 0 unspecified atom stereocenters. The van der Waals surface area contributed by atoms with Crippen molar-refractivity contribution >= 4 is 23.1 Å². The Balaban J connectivity index is 1.64. The maximum absolute atomic E-state index is 5.47. The van der Waals surface area contributed by atoms with Crippen LogP contribution in [0.25, 0.3) is 0 Å². The highest BCUT2D eigenvalue weighted by molar-refractivity contribution is 7.99. The lowest BCUT2D eigenvalue weighted by Crippen LogP contribution is -2.29. The summed E-state index contributed by atoms with van der Waals surface area (Å²) in [7, 11) is 1.75. The highest BCUT2D eigenvalue weighted by Gasteiger charge is 2.24. The minimum absolute atomic E-state index is 0.553. The van der Waals surface area contributed by atoms with Crippen LogP contribution in [-0.4, -0.2) is 36.8 Å². The molecule has 4 nitrogen and oxygen atoms in total. The predicted molar refractivity (Wildman–Crippen MR) is 97.9 cm³/mol. The van der Waals surface area contributed by atoms with Gasteiger partial charge in [-0.25, -0.2) is 0 Å². The van der Waals surface area contributed by atoms with Crippen molar-refractivity contribution in [2.45, 2.75) is 35.6 Å². The van der Waals surface area contributed by atoms with Crippen molar-refractivity contribution in [1.82, 2.24) is 9.88 Å². The van der Waals surface area contributed by atoms with Crippen molar-refractivity contribution in [1.29, 1.82) is 0 Å². The van der Waals surface area contributed by atoms with Crippen LogP contribution in [0.3, 0.4) is 0 Å². The predicted octanol–water partition coefficient (Wildman–Crippen LogP) is 4.27. The Morgan fingerprint density at radius 3 is 2.79 bits per heavy atom. The lowest BCUT2D eigenvalue weighted by Gasteiger charge is -2.33. The molecule has 0 amide bonds. The minimum Gasteiger partial charge on any atom is -0.364 e. The summed E-state index contributed by atoms with van der Waals surface area (Å²) < 4.78 is 5.47. The zero-order valence-corrected chi connectivity index (χ0v) is 14.9. The molecule has 0 N–H and O–H groups in total. The molecule has 0 atom stereocenters. The van der Waals surface area contributed by atoms with Gasteiger partial charge in [0.2, 0.25) is 0 Å². The molecule has 0 bridgehead atoms. The third kappa shape index (κ3) is 3.16. The first kappa shape index (κ1) is 15.9. The molecule has 0 spiro atoms. The standard InChI is InChI=1S/C19H23N3OS/c1-23-14-22-16-7-8-20-12-19(16)24-18-6-5-15(11-17(18)22)13-21-9-3-2-4-10-21/h5-8,11-12H,2-4,9-10,13-14H2,1H3. The second-order valence-corrected chi connectivity index (χ2v) is 7.51. The molecule has 5 heteroatoms. The van der Waals surface area contributed by atoms with Gasteiger partial charge in [0.25, 0.3) is 0 Å². The number of fused-ring (bicyclic) bond motifs is 2. The first-order chi connectivity index (χ1) is 11.8. The molecular weight excluding hydrogens is 318 g/mol. The van der Waals surface area contributed by atoms with Crippen molar-refractivity contribution in [2.75, 3.05) is 31.8 Å². The van der Waals surface area contributed by atoms with Gasteiger partial charge in [-0.2, -0.15) is 0 Å². The molecular formula is C19H23N3OS. The molecule has 0 radical (unpaired) electrons. The smallest absolute Gasteiger partial charge is 0.123 e. The number of rotatable bonds is 4. The quantitative estimate of drug-likeness (QED) is 0.828. The largest absolute Gasteiger partial charge is 0.364 e. The van der Waals surface area contributed by atoms with Gasteiger partial charge < -0.3 is 9.64 Å². The molecule has 0 saturated carbocycles. The maximum atomic E-state index is 5.47. The highest BCUT2D eigenvalue weighted by Crippen LogP contribution is 2.47. The van der Waals surface area contributed by atoms with E-state index in [1.165, 1.54) is 59.1 Å². The molecule has 24 heavy (non-hydrogen) atoms. The highest BCUT2D eigenvalue weighted by atomic mass is 32.2. The number of pyridine rings is 1. The van der Waals surface area contributed by atoms with Gasteiger partial charge in [0.05, 0.1) is 16.3 Å². The second kappa shape index (κ2) is 7.13. The molecule has 4 rings (SSSR count). The molecule has 0 aliphatic carbocycles. The van der Waals surface area contributed by atoms with E-state index in [0.717, 1.165) is 6.54 Å². The molecule has 126 valence electrons. The van der Waals surface area contributed by atoms with E-state index in [1.807, 2.05) is 12.4 Å². The molecule has 3 heterocycles. The third-order valence-corrected chi connectivity index (χ3v) is 5.80. The van der Waals surface area contributed by atoms with E-state index in [9.17, 15) is 0 Å². The first-order valence-electron chi connectivity index (χ1n) is 8.59. The van der Waals surface area contributed by atoms with Gasteiger partial charge in [0.1, 0.15) is 6.73 Å². The van der Waals surface area contributed by atoms with Gasteiger partial charge >= 0.3 is 0 Å². The van der Waals surface area contributed by atoms with Crippen molar-refractivity contribution < 1.29 is 4.74 Å². The van der Waals surface area contributed by atoms with E-state index in [4.69, 9.17) is 4.74 Å². The van der Waals surface area contributed by atoms with Crippen molar-refractivity contribution in [3.05, 3.63) is 42.2 Å². The maximum Gasteiger partial charge on any atom is 0.123 e. The zero-order chi connectivity index (χ0) is 16.4. The van der Waals surface area contributed by atoms with E-state index in [1.54, 1.807) is 18.9 Å². The molecule has 1 saturated heterocycles. The average molecular weight is 341 g/mol. The molecule has 2 aliphatic rings. The van der Waals surface area contributed by atoms with E-state index < -0.39 is 0 Å². The monoisotopic (exact) mass is 341 g/mol. The van der Waals surface area contributed by atoms with Crippen LogP contribution in [0, 0.1) is 0 Å². The van der Waals surface area contributed by atoms with Crippen molar-refractivity contribution in [2.24, 2.45) is 0 Å². The molecule has 1 aromatic carbocycles. The number of aromatic nitrogens is 1. The fourth-order valence-electron chi connectivity index (χ4n) is 3.52. The summed E-state index contributed by atoms with van der Waals surface area (Å²) in [6, 6.07) is 8.92.